The Morgan fingerprint density at radius 2 is 2.04 bits per heavy atom. The summed E-state index contributed by atoms with van der Waals surface area (Å²) in [6, 6.07) is 4.46. The van der Waals surface area contributed by atoms with Gasteiger partial charge in [-0.05, 0) is 49.4 Å². The Morgan fingerprint density at radius 1 is 1.28 bits per heavy atom. The molecule has 4 heteroatoms. The highest BCUT2D eigenvalue weighted by Crippen LogP contribution is 2.64. The standard InChI is InChI=1S/C21H27NO3/c1-19(2,3)13-6-5-12-11-15-21(24)8-7-14(23)18-20(21,9-10-22(15)4)16(12)17(13)25-18/h5-6,15,18,24H,7-11H2,1-4H3/t15-,18+,20+,21-/m1/s1. The molecule has 4 atom stereocenters. The van der Waals surface area contributed by atoms with Gasteiger partial charge in [-0.2, -0.15) is 0 Å². The van der Waals surface area contributed by atoms with Crippen LogP contribution in [0.3, 0.4) is 0 Å². The predicted molar refractivity (Wildman–Crippen MR) is 95.2 cm³/mol. The molecule has 2 fully saturated rings. The van der Waals surface area contributed by atoms with Crippen molar-refractivity contribution in [1.82, 2.24) is 4.90 Å². The molecule has 1 saturated heterocycles. The Bertz CT molecular complexity index is 795. The lowest BCUT2D eigenvalue weighted by atomic mass is 9.49. The van der Waals surface area contributed by atoms with Gasteiger partial charge in [0, 0.05) is 18.0 Å². The van der Waals surface area contributed by atoms with Gasteiger partial charge in [0.15, 0.2) is 11.9 Å². The van der Waals surface area contributed by atoms with E-state index in [1.807, 2.05) is 0 Å². The first-order valence-electron chi connectivity index (χ1n) is 9.49. The van der Waals surface area contributed by atoms with Gasteiger partial charge in [-0.15, -0.1) is 0 Å². The second-order valence-corrected chi connectivity index (χ2v) is 9.54. The third-order valence-corrected chi connectivity index (χ3v) is 7.35. The second kappa shape index (κ2) is 4.47. The fourth-order valence-electron chi connectivity index (χ4n) is 6.14. The summed E-state index contributed by atoms with van der Waals surface area (Å²) in [5, 5.41) is 11.9. The fraction of sp³-hybridized carbons (Fsp3) is 0.667. The summed E-state index contributed by atoms with van der Waals surface area (Å²) in [5.41, 5.74) is 2.10. The first kappa shape index (κ1) is 15.8. The first-order chi connectivity index (χ1) is 11.7. The van der Waals surface area contributed by atoms with E-state index in [4.69, 9.17) is 4.74 Å². The van der Waals surface area contributed by atoms with Crippen LogP contribution in [0.5, 0.6) is 5.75 Å². The number of likely N-dealkylation sites (N-methyl/N-ethyl adjacent to an activating group) is 1. The fourth-order valence-corrected chi connectivity index (χ4v) is 6.14. The lowest BCUT2D eigenvalue weighted by Gasteiger charge is -2.62. The van der Waals surface area contributed by atoms with E-state index in [1.54, 1.807) is 0 Å². The molecular formula is C21H27NO3. The molecular weight excluding hydrogens is 314 g/mol. The second-order valence-electron chi connectivity index (χ2n) is 9.54. The number of ketones is 1. The van der Waals surface area contributed by atoms with Gasteiger partial charge in [-0.25, -0.2) is 0 Å². The van der Waals surface area contributed by atoms with Crippen LogP contribution in [0.1, 0.15) is 56.7 Å². The highest BCUT2D eigenvalue weighted by Gasteiger charge is 2.72. The third-order valence-electron chi connectivity index (χ3n) is 7.35. The number of benzene rings is 1. The zero-order valence-corrected chi connectivity index (χ0v) is 15.6. The maximum Gasteiger partial charge on any atom is 0.174 e. The van der Waals surface area contributed by atoms with Crippen LogP contribution in [0.2, 0.25) is 0 Å². The van der Waals surface area contributed by atoms with Crippen molar-refractivity contribution in [3.05, 3.63) is 28.8 Å². The molecule has 134 valence electrons. The van der Waals surface area contributed by atoms with E-state index >= 15 is 0 Å². The SMILES string of the molecule is CN1CC[C@]23c4c5ccc(C(C)(C)C)c4O[C@H]2C(=O)CC[C@@]3(O)[C@H]1C5. The number of rotatable bonds is 0. The van der Waals surface area contributed by atoms with E-state index in [2.05, 4.69) is 44.9 Å². The van der Waals surface area contributed by atoms with Crippen LogP contribution >= 0.6 is 0 Å². The monoisotopic (exact) mass is 341 g/mol. The highest BCUT2D eigenvalue weighted by atomic mass is 16.5. The van der Waals surface area contributed by atoms with Gasteiger partial charge < -0.3 is 14.7 Å². The van der Waals surface area contributed by atoms with Gasteiger partial charge in [-0.3, -0.25) is 4.79 Å². The molecule has 2 aliphatic heterocycles. The van der Waals surface area contributed by atoms with Gasteiger partial charge in [0.1, 0.15) is 5.75 Å². The van der Waals surface area contributed by atoms with Crippen LogP contribution in [0, 0.1) is 0 Å². The number of carbonyl (C=O) groups is 1. The predicted octanol–water partition coefficient (Wildman–Crippen LogP) is 2.34. The minimum atomic E-state index is -0.868. The smallest absolute Gasteiger partial charge is 0.174 e. The average Bonchev–Trinajstić information content (AvgIpc) is 2.88. The summed E-state index contributed by atoms with van der Waals surface area (Å²) >= 11 is 0. The molecule has 5 rings (SSSR count). The summed E-state index contributed by atoms with van der Waals surface area (Å²) in [7, 11) is 2.10. The van der Waals surface area contributed by atoms with E-state index in [9.17, 15) is 9.90 Å². The normalized spacial score (nSPS) is 39.2. The average molecular weight is 341 g/mol. The van der Waals surface area contributed by atoms with Crippen LogP contribution in [0.15, 0.2) is 12.1 Å². The first-order valence-corrected chi connectivity index (χ1v) is 9.49. The number of hydrogen-bond acceptors (Lipinski definition) is 4. The third kappa shape index (κ3) is 1.64. The molecule has 1 aromatic carbocycles. The van der Waals surface area contributed by atoms with Gasteiger partial charge >= 0.3 is 0 Å². The van der Waals surface area contributed by atoms with E-state index in [1.165, 1.54) is 5.56 Å². The molecule has 0 amide bonds. The number of Topliss-reactive ketones (excluding diaryl/α,β-unsaturated/α-hetero) is 1. The molecule has 2 aliphatic carbocycles. The number of likely N-dealkylation sites (tertiary alicyclic amines) is 1. The van der Waals surface area contributed by atoms with Gasteiger partial charge in [0.25, 0.3) is 0 Å². The molecule has 2 bridgehead atoms. The number of ether oxygens (including phenoxy) is 1. The van der Waals surface area contributed by atoms with E-state index in [0.717, 1.165) is 36.3 Å². The maximum atomic E-state index is 12.9. The molecule has 1 aromatic rings. The molecule has 4 nitrogen and oxygen atoms in total. The quantitative estimate of drug-likeness (QED) is 0.787. The molecule has 0 unspecified atom stereocenters. The number of hydrogen-bond donors (Lipinski definition) is 1. The minimum absolute atomic E-state index is 0.0576. The van der Waals surface area contributed by atoms with Crippen molar-refractivity contribution in [2.75, 3.05) is 13.6 Å². The topological polar surface area (TPSA) is 49.8 Å². The highest BCUT2D eigenvalue weighted by molar-refractivity contribution is 5.89. The molecule has 1 saturated carbocycles. The summed E-state index contributed by atoms with van der Waals surface area (Å²) in [5.74, 6) is 1.06. The number of nitrogens with zero attached hydrogens (tertiary/aromatic N) is 1. The van der Waals surface area contributed by atoms with Gasteiger partial charge in [0.2, 0.25) is 0 Å². The molecule has 2 heterocycles. The molecule has 1 N–H and O–H groups in total. The molecule has 1 spiro atoms. The van der Waals surface area contributed by atoms with E-state index in [0.29, 0.717) is 12.8 Å². The van der Waals surface area contributed by atoms with Crippen LogP contribution in [-0.4, -0.2) is 47.1 Å². The zero-order valence-electron chi connectivity index (χ0n) is 15.6. The van der Waals surface area contributed by atoms with Gasteiger partial charge in [-0.1, -0.05) is 32.9 Å². The van der Waals surface area contributed by atoms with Crippen molar-refractivity contribution in [2.45, 2.75) is 75.0 Å². The van der Waals surface area contributed by atoms with Crippen LogP contribution < -0.4 is 4.74 Å². The van der Waals surface area contributed by atoms with Crippen molar-refractivity contribution in [2.24, 2.45) is 0 Å². The maximum absolute atomic E-state index is 12.9. The van der Waals surface area contributed by atoms with Crippen LogP contribution in [0.4, 0.5) is 0 Å². The van der Waals surface area contributed by atoms with Gasteiger partial charge in [0.05, 0.1) is 11.0 Å². The van der Waals surface area contributed by atoms with E-state index < -0.39 is 17.1 Å². The number of carbonyl (C=O) groups excluding carboxylic acids is 1. The minimum Gasteiger partial charge on any atom is -0.481 e. The number of aliphatic hydroxyl groups is 1. The zero-order chi connectivity index (χ0) is 17.8. The Kier molecular flexibility index (Phi) is 2.83. The van der Waals surface area contributed by atoms with Crippen molar-refractivity contribution < 1.29 is 14.6 Å². The van der Waals surface area contributed by atoms with Crippen molar-refractivity contribution >= 4 is 5.78 Å². The summed E-state index contributed by atoms with van der Waals surface area (Å²) in [6.07, 6.45) is 2.09. The van der Waals surface area contributed by atoms with Crippen LogP contribution in [-0.2, 0) is 22.0 Å². The van der Waals surface area contributed by atoms with Crippen LogP contribution in [0.25, 0.3) is 0 Å². The largest absolute Gasteiger partial charge is 0.481 e. The van der Waals surface area contributed by atoms with Crippen molar-refractivity contribution in [3.8, 4) is 5.75 Å². The summed E-state index contributed by atoms with van der Waals surface area (Å²) in [6.45, 7) is 7.45. The molecule has 0 aromatic heterocycles. The van der Waals surface area contributed by atoms with Crippen molar-refractivity contribution in [1.29, 1.82) is 0 Å². The van der Waals surface area contributed by atoms with E-state index in [-0.39, 0.29) is 17.2 Å². The molecule has 25 heavy (non-hydrogen) atoms. The Labute approximate surface area is 149 Å². The Balaban J connectivity index is 1.85. The summed E-state index contributed by atoms with van der Waals surface area (Å²) in [4.78, 5) is 15.1. The molecule has 4 aliphatic rings. The Morgan fingerprint density at radius 3 is 2.76 bits per heavy atom. The Hall–Kier alpha value is -1.39. The van der Waals surface area contributed by atoms with Crippen molar-refractivity contribution in [3.63, 3.8) is 0 Å². The number of piperidine rings is 1. The molecule has 0 radical (unpaired) electrons. The summed E-state index contributed by atoms with van der Waals surface area (Å²) < 4.78 is 6.42. The lowest BCUT2D eigenvalue weighted by molar-refractivity contribution is -0.185. The lowest BCUT2D eigenvalue weighted by Crippen LogP contribution is -2.76.